The molecule has 10 nitrogen and oxygen atoms in total. The summed E-state index contributed by atoms with van der Waals surface area (Å²) in [4.78, 5) is 27.2. The molecule has 0 saturated heterocycles. The first kappa shape index (κ1) is 36.1. The first-order valence-corrected chi connectivity index (χ1v) is 17.2. The lowest BCUT2D eigenvalue weighted by atomic mass is 10.00. The highest BCUT2D eigenvalue weighted by Crippen LogP contribution is 2.23. The molecule has 0 fully saturated rings. The highest BCUT2D eigenvalue weighted by molar-refractivity contribution is 7.92. The SMILES string of the molecule is COc1cccc(CNC[C@@H](O)[C@H](Cc2ccccc2)NC(=O)c2cc(C(=O)NC(C)c3ccc(F)cc3)cc(N(C)S(C)(=O)=O)c2)c1. The topological polar surface area (TPSA) is 137 Å². The van der Waals surface area contributed by atoms with E-state index >= 15 is 0 Å². The Morgan fingerprint density at radius 2 is 1.50 bits per heavy atom. The molecule has 0 aliphatic carbocycles. The van der Waals surface area contributed by atoms with Gasteiger partial charge in [-0.15, -0.1) is 0 Å². The van der Waals surface area contributed by atoms with E-state index in [1.54, 1.807) is 26.2 Å². The summed E-state index contributed by atoms with van der Waals surface area (Å²) in [5.74, 6) is -0.863. The molecular weight excluding hydrogens is 635 g/mol. The molecule has 0 aliphatic heterocycles. The predicted molar refractivity (Wildman–Crippen MR) is 184 cm³/mol. The van der Waals surface area contributed by atoms with E-state index in [4.69, 9.17) is 4.74 Å². The van der Waals surface area contributed by atoms with Crippen LogP contribution in [0.15, 0.2) is 97.1 Å². The summed E-state index contributed by atoms with van der Waals surface area (Å²) in [6, 6.07) is 25.5. The molecule has 0 saturated carbocycles. The Balaban J connectivity index is 1.58. The number of nitrogens with one attached hydrogen (secondary N) is 3. The van der Waals surface area contributed by atoms with E-state index in [0.717, 1.165) is 21.7 Å². The lowest BCUT2D eigenvalue weighted by molar-refractivity contribution is 0.0830. The first-order chi connectivity index (χ1) is 22.8. The van der Waals surface area contributed by atoms with Crippen LogP contribution in [-0.4, -0.2) is 64.4 Å². The number of carbonyl (C=O) groups is 2. The Bertz CT molecular complexity index is 1810. The molecule has 4 aromatic carbocycles. The molecule has 2 amide bonds. The van der Waals surface area contributed by atoms with Crippen LogP contribution in [0.5, 0.6) is 5.75 Å². The zero-order chi connectivity index (χ0) is 34.8. The van der Waals surface area contributed by atoms with E-state index in [1.807, 2.05) is 54.6 Å². The maximum absolute atomic E-state index is 13.8. The molecule has 12 heteroatoms. The van der Waals surface area contributed by atoms with Crippen molar-refractivity contribution in [2.75, 3.05) is 31.3 Å². The van der Waals surface area contributed by atoms with Crippen LogP contribution in [0.2, 0.25) is 0 Å². The van der Waals surface area contributed by atoms with E-state index in [1.165, 1.54) is 37.4 Å². The average molecular weight is 677 g/mol. The van der Waals surface area contributed by atoms with Crippen LogP contribution in [0, 0.1) is 5.82 Å². The number of aliphatic hydroxyl groups excluding tert-OH is 1. The van der Waals surface area contributed by atoms with E-state index < -0.39 is 45.8 Å². The van der Waals surface area contributed by atoms with Gasteiger partial charge < -0.3 is 25.8 Å². The molecule has 4 N–H and O–H groups in total. The number of hydrogen-bond acceptors (Lipinski definition) is 7. The number of aliphatic hydroxyl groups is 1. The fourth-order valence-corrected chi connectivity index (χ4v) is 5.54. The normalized spacial score (nSPS) is 13.2. The van der Waals surface area contributed by atoms with E-state index in [-0.39, 0.29) is 23.4 Å². The molecule has 254 valence electrons. The minimum atomic E-state index is -3.75. The van der Waals surface area contributed by atoms with Crippen molar-refractivity contribution in [3.8, 4) is 5.75 Å². The molecule has 3 atom stereocenters. The maximum atomic E-state index is 13.8. The number of rotatable bonds is 15. The fraction of sp³-hybridized carbons (Fsp3) is 0.278. The average Bonchev–Trinajstić information content (AvgIpc) is 3.07. The van der Waals surface area contributed by atoms with Gasteiger partial charge in [0.1, 0.15) is 11.6 Å². The minimum absolute atomic E-state index is 0.0252. The van der Waals surface area contributed by atoms with Gasteiger partial charge in [0.25, 0.3) is 11.8 Å². The highest BCUT2D eigenvalue weighted by atomic mass is 32.2. The van der Waals surface area contributed by atoms with Gasteiger partial charge in [0.2, 0.25) is 10.0 Å². The van der Waals surface area contributed by atoms with E-state index in [0.29, 0.717) is 24.3 Å². The van der Waals surface area contributed by atoms with Crippen molar-refractivity contribution in [1.82, 2.24) is 16.0 Å². The van der Waals surface area contributed by atoms with Crippen molar-refractivity contribution in [1.29, 1.82) is 0 Å². The molecule has 1 unspecified atom stereocenters. The Morgan fingerprint density at radius 1 is 0.875 bits per heavy atom. The van der Waals surface area contributed by atoms with Gasteiger partial charge in [-0.3, -0.25) is 13.9 Å². The van der Waals surface area contributed by atoms with Crippen LogP contribution in [-0.2, 0) is 23.0 Å². The number of ether oxygens (including phenoxy) is 1. The zero-order valence-electron chi connectivity index (χ0n) is 27.3. The van der Waals surface area contributed by atoms with Gasteiger partial charge in [-0.05, 0) is 72.5 Å². The molecule has 0 spiro atoms. The number of anilines is 1. The fourth-order valence-electron chi connectivity index (χ4n) is 5.05. The van der Waals surface area contributed by atoms with Crippen molar-refractivity contribution in [3.05, 3.63) is 131 Å². The molecule has 0 bridgehead atoms. The van der Waals surface area contributed by atoms with Gasteiger partial charge >= 0.3 is 0 Å². The summed E-state index contributed by atoms with van der Waals surface area (Å²) < 4.78 is 44.6. The number of halogens is 1. The summed E-state index contributed by atoms with van der Waals surface area (Å²) in [5, 5.41) is 20.2. The molecule has 4 aromatic rings. The maximum Gasteiger partial charge on any atom is 0.251 e. The first-order valence-electron chi connectivity index (χ1n) is 15.4. The van der Waals surface area contributed by atoms with Crippen molar-refractivity contribution in [3.63, 3.8) is 0 Å². The van der Waals surface area contributed by atoms with Gasteiger partial charge in [-0.25, -0.2) is 12.8 Å². The monoisotopic (exact) mass is 676 g/mol. The van der Waals surface area contributed by atoms with Crippen molar-refractivity contribution in [2.45, 2.75) is 38.1 Å². The largest absolute Gasteiger partial charge is 0.497 e. The summed E-state index contributed by atoms with van der Waals surface area (Å²) in [5.41, 5.74) is 2.67. The molecule has 0 aliphatic rings. The highest BCUT2D eigenvalue weighted by Gasteiger charge is 2.25. The molecule has 4 rings (SSSR count). The lowest BCUT2D eigenvalue weighted by Gasteiger charge is -2.26. The van der Waals surface area contributed by atoms with E-state index in [9.17, 15) is 27.5 Å². The number of carbonyl (C=O) groups excluding carboxylic acids is 2. The zero-order valence-corrected chi connectivity index (χ0v) is 28.1. The molecule has 0 heterocycles. The lowest BCUT2D eigenvalue weighted by Crippen LogP contribution is -2.48. The van der Waals surface area contributed by atoms with Gasteiger partial charge in [-0.1, -0.05) is 54.6 Å². The van der Waals surface area contributed by atoms with E-state index in [2.05, 4.69) is 16.0 Å². The number of benzene rings is 4. The summed E-state index contributed by atoms with van der Waals surface area (Å²) in [6.07, 6.45) is 0.307. The molecule has 0 radical (unpaired) electrons. The third-order valence-corrected chi connectivity index (χ3v) is 9.12. The molecule has 48 heavy (non-hydrogen) atoms. The van der Waals surface area contributed by atoms with Gasteiger partial charge in [0.15, 0.2) is 0 Å². The number of sulfonamides is 1. The summed E-state index contributed by atoms with van der Waals surface area (Å²) >= 11 is 0. The molecule has 0 aromatic heterocycles. The van der Waals surface area contributed by atoms with Crippen molar-refractivity contribution in [2.24, 2.45) is 0 Å². The minimum Gasteiger partial charge on any atom is -0.497 e. The molecular formula is C36H41FN4O6S. The number of amides is 2. The second-order valence-electron chi connectivity index (χ2n) is 11.6. The van der Waals surface area contributed by atoms with Crippen LogP contribution in [0.4, 0.5) is 10.1 Å². The van der Waals surface area contributed by atoms with Gasteiger partial charge in [-0.2, -0.15) is 0 Å². The Morgan fingerprint density at radius 3 is 2.12 bits per heavy atom. The van der Waals surface area contributed by atoms with Crippen LogP contribution < -0.4 is 25.0 Å². The Kier molecular flexibility index (Phi) is 12.3. The van der Waals surface area contributed by atoms with Crippen molar-refractivity contribution < 1.29 is 32.2 Å². The van der Waals surface area contributed by atoms with Crippen LogP contribution in [0.1, 0.15) is 50.4 Å². The smallest absolute Gasteiger partial charge is 0.251 e. The summed E-state index contributed by atoms with van der Waals surface area (Å²) in [6.45, 7) is 2.33. The number of nitrogens with zero attached hydrogens (tertiary/aromatic N) is 1. The standard InChI is InChI=1S/C36H41FN4O6S/c1-24(27-13-15-30(37)16-14-27)39-35(43)28-19-29(21-31(20-28)41(2)48(4,45)46)36(44)40-33(18-25-9-6-5-7-10-25)34(42)23-38-22-26-11-8-12-32(17-26)47-3/h5-17,19-21,24,33-34,38,42H,18,22-23H2,1-4H3,(H,39,43)(H,40,44)/t24?,33-,34+/m0/s1. The Hall–Kier alpha value is -4.78. The third-order valence-electron chi connectivity index (χ3n) is 7.92. The van der Waals surface area contributed by atoms with Gasteiger partial charge in [0.05, 0.1) is 37.2 Å². The number of hydrogen-bond donors (Lipinski definition) is 4. The Labute approximate surface area is 281 Å². The van der Waals surface area contributed by atoms with Crippen LogP contribution in [0.25, 0.3) is 0 Å². The van der Waals surface area contributed by atoms with Crippen molar-refractivity contribution >= 4 is 27.5 Å². The predicted octanol–water partition coefficient (Wildman–Crippen LogP) is 4.21. The second kappa shape index (κ2) is 16.4. The summed E-state index contributed by atoms with van der Waals surface area (Å²) in [7, 11) is -0.834. The quantitative estimate of drug-likeness (QED) is 0.148. The van der Waals surface area contributed by atoms with Crippen LogP contribution >= 0.6 is 0 Å². The van der Waals surface area contributed by atoms with Crippen LogP contribution in [0.3, 0.4) is 0 Å². The third kappa shape index (κ3) is 10.1. The number of methoxy groups -OCH3 is 1. The second-order valence-corrected chi connectivity index (χ2v) is 13.6. The van der Waals surface area contributed by atoms with Gasteiger partial charge in [0, 0.05) is 31.3 Å².